The molecule has 0 fully saturated rings. The van der Waals surface area contributed by atoms with Crippen LogP contribution in [0.2, 0.25) is 0 Å². The van der Waals surface area contributed by atoms with Crippen LogP contribution >= 0.6 is 27.3 Å². The molecule has 1 aliphatic heterocycles. The van der Waals surface area contributed by atoms with Crippen molar-refractivity contribution in [3.63, 3.8) is 0 Å². The second-order valence-corrected chi connectivity index (χ2v) is 9.72. The molecule has 0 bridgehead atoms. The van der Waals surface area contributed by atoms with Gasteiger partial charge < -0.3 is 10.5 Å². The van der Waals surface area contributed by atoms with Crippen molar-refractivity contribution in [1.29, 1.82) is 5.26 Å². The van der Waals surface area contributed by atoms with Gasteiger partial charge >= 0.3 is 0 Å². The van der Waals surface area contributed by atoms with Crippen LogP contribution < -0.4 is 15.4 Å². The molecule has 8 nitrogen and oxygen atoms in total. The molecular weight excluding hydrogens is 508 g/mol. The normalized spacial score (nSPS) is 18.3. The smallest absolute Gasteiger partial charge is 0.296 e. The molecule has 0 saturated heterocycles. The number of nitrogens with two attached hydrogens (primary N) is 1. The van der Waals surface area contributed by atoms with Gasteiger partial charge in [0.05, 0.1) is 35.7 Å². The maximum absolute atomic E-state index is 13.2. The van der Waals surface area contributed by atoms with Crippen LogP contribution in [-0.4, -0.2) is 17.8 Å². The number of carbonyl (C=O) groups excluding carboxylic acids is 1. The Kier molecular flexibility index (Phi) is 6.28. The SMILES string of the molecule is CCc1sc(C2C(C#N)=C(N)N(c3ccc(OC)cc3[N+](=O)[O-])C3=C2C(=O)CCC3)cc1Br. The lowest BCUT2D eigenvalue weighted by Crippen LogP contribution is -2.38. The van der Waals surface area contributed by atoms with Crippen molar-refractivity contribution in [2.24, 2.45) is 5.73 Å². The molecule has 0 spiro atoms. The lowest BCUT2D eigenvalue weighted by molar-refractivity contribution is -0.384. The molecule has 2 aliphatic rings. The van der Waals surface area contributed by atoms with Gasteiger partial charge in [0.25, 0.3) is 5.69 Å². The third-order valence-electron chi connectivity index (χ3n) is 5.92. The van der Waals surface area contributed by atoms with Gasteiger partial charge in [-0.05, 0) is 53.4 Å². The summed E-state index contributed by atoms with van der Waals surface area (Å²) in [5.41, 5.74) is 7.85. The number of nitro benzene ring substituents is 1. The Morgan fingerprint density at radius 3 is 2.76 bits per heavy atom. The number of hydrogen-bond donors (Lipinski definition) is 1. The summed E-state index contributed by atoms with van der Waals surface area (Å²) in [6, 6.07) is 8.59. The Bertz CT molecular complexity index is 1270. The average Bonchev–Trinajstić information content (AvgIpc) is 3.18. The molecule has 2 heterocycles. The number of hydrogen-bond acceptors (Lipinski definition) is 8. The van der Waals surface area contributed by atoms with Crippen LogP contribution in [0.15, 0.2) is 51.4 Å². The zero-order chi connectivity index (χ0) is 23.9. The lowest BCUT2D eigenvalue weighted by Gasteiger charge is -2.39. The topological polar surface area (TPSA) is 122 Å². The first kappa shape index (κ1) is 23.0. The molecule has 33 heavy (non-hydrogen) atoms. The summed E-state index contributed by atoms with van der Waals surface area (Å²) in [6.07, 6.45) is 2.30. The Balaban J connectivity index is 1.99. The molecule has 170 valence electrons. The highest BCUT2D eigenvalue weighted by Gasteiger charge is 2.42. The van der Waals surface area contributed by atoms with Crippen LogP contribution in [0, 0.1) is 21.4 Å². The van der Waals surface area contributed by atoms with Gasteiger partial charge in [-0.1, -0.05) is 6.92 Å². The number of allylic oxidation sites excluding steroid dienone is 3. The molecule has 2 aromatic rings. The maximum atomic E-state index is 13.2. The molecule has 1 aliphatic carbocycles. The first-order valence-corrected chi connectivity index (χ1v) is 12.0. The van der Waals surface area contributed by atoms with Gasteiger partial charge in [-0.3, -0.25) is 19.8 Å². The zero-order valence-electron chi connectivity index (χ0n) is 18.1. The number of Topliss-reactive ketones (excluding diaryl/α,β-unsaturated/α-hetero) is 1. The van der Waals surface area contributed by atoms with Crippen molar-refractivity contribution >= 4 is 44.4 Å². The van der Waals surface area contributed by atoms with E-state index in [1.165, 1.54) is 29.4 Å². The van der Waals surface area contributed by atoms with Gasteiger partial charge in [-0.15, -0.1) is 11.3 Å². The van der Waals surface area contributed by atoms with E-state index >= 15 is 0 Å². The van der Waals surface area contributed by atoms with E-state index in [-0.39, 0.29) is 28.6 Å². The third-order valence-corrected chi connectivity index (χ3v) is 8.23. The van der Waals surface area contributed by atoms with Crippen LogP contribution in [0.4, 0.5) is 11.4 Å². The van der Waals surface area contributed by atoms with Gasteiger partial charge in [-0.25, -0.2) is 0 Å². The second-order valence-electron chi connectivity index (χ2n) is 7.70. The van der Waals surface area contributed by atoms with Gasteiger partial charge in [-0.2, -0.15) is 5.26 Å². The second kappa shape index (κ2) is 9.00. The van der Waals surface area contributed by atoms with Crippen molar-refractivity contribution < 1.29 is 14.5 Å². The van der Waals surface area contributed by atoms with E-state index in [4.69, 9.17) is 10.5 Å². The number of ether oxygens (including phenoxy) is 1. The number of halogens is 1. The van der Waals surface area contributed by atoms with Gasteiger partial charge in [0.2, 0.25) is 0 Å². The number of benzene rings is 1. The Morgan fingerprint density at radius 2 is 2.15 bits per heavy atom. The van der Waals surface area contributed by atoms with E-state index in [1.54, 1.807) is 12.1 Å². The first-order chi connectivity index (χ1) is 15.8. The van der Waals surface area contributed by atoms with Crippen molar-refractivity contribution in [1.82, 2.24) is 0 Å². The minimum absolute atomic E-state index is 0.0646. The summed E-state index contributed by atoms with van der Waals surface area (Å²) in [6.45, 7) is 2.04. The molecule has 1 unspecified atom stereocenters. The molecule has 4 rings (SSSR count). The van der Waals surface area contributed by atoms with Crippen LogP contribution in [-0.2, 0) is 11.2 Å². The highest BCUT2D eigenvalue weighted by atomic mass is 79.9. The largest absolute Gasteiger partial charge is 0.496 e. The van der Waals surface area contributed by atoms with E-state index < -0.39 is 10.8 Å². The molecule has 10 heteroatoms. The molecule has 0 radical (unpaired) electrons. The number of aryl methyl sites for hydroxylation is 1. The first-order valence-electron chi connectivity index (χ1n) is 10.4. The lowest BCUT2D eigenvalue weighted by atomic mass is 9.78. The number of thiophene rings is 1. The number of nitriles is 1. The standard InChI is InChI=1S/C23H21BrN4O4S/c1-3-19-14(24)10-20(33-19)21-13(11-25)23(26)27(16-5-4-6-18(29)22(16)21)15-8-7-12(32-2)9-17(15)28(30)31/h7-10,21H,3-6,26H2,1-2H3. The summed E-state index contributed by atoms with van der Waals surface area (Å²) in [4.78, 5) is 28.1. The molecule has 1 aromatic carbocycles. The molecule has 0 amide bonds. The number of carbonyl (C=O) groups is 1. The Hall–Kier alpha value is -3.16. The third kappa shape index (κ3) is 3.81. The van der Waals surface area contributed by atoms with E-state index in [1.807, 2.05) is 13.0 Å². The van der Waals surface area contributed by atoms with Crippen LogP contribution in [0.1, 0.15) is 41.9 Å². The average molecular weight is 529 g/mol. The number of rotatable bonds is 5. The minimum atomic E-state index is -0.590. The highest BCUT2D eigenvalue weighted by Crippen LogP contribution is 2.50. The summed E-state index contributed by atoms with van der Waals surface area (Å²) < 4.78 is 6.08. The molecule has 0 saturated carbocycles. The van der Waals surface area contributed by atoms with Crippen molar-refractivity contribution in [2.75, 3.05) is 12.0 Å². The molecule has 1 aromatic heterocycles. The monoisotopic (exact) mass is 528 g/mol. The number of ketones is 1. The van der Waals surface area contributed by atoms with Crippen molar-refractivity contribution in [3.8, 4) is 11.8 Å². The number of methoxy groups -OCH3 is 1. The fourth-order valence-corrected chi connectivity index (χ4v) is 6.46. The van der Waals surface area contributed by atoms with Crippen molar-refractivity contribution in [3.05, 3.63) is 71.3 Å². The summed E-state index contributed by atoms with van der Waals surface area (Å²) >= 11 is 5.11. The Morgan fingerprint density at radius 1 is 1.39 bits per heavy atom. The molecular formula is C23H21BrN4O4S. The summed E-state index contributed by atoms with van der Waals surface area (Å²) in [5, 5.41) is 22.0. The van der Waals surface area contributed by atoms with E-state index in [0.29, 0.717) is 36.3 Å². The number of nitrogens with zero attached hydrogens (tertiary/aromatic N) is 3. The predicted molar refractivity (Wildman–Crippen MR) is 129 cm³/mol. The summed E-state index contributed by atoms with van der Waals surface area (Å²) in [7, 11) is 1.43. The molecule has 2 N–H and O–H groups in total. The number of nitro groups is 1. The van der Waals surface area contributed by atoms with Gasteiger partial charge in [0, 0.05) is 31.9 Å². The van der Waals surface area contributed by atoms with E-state index in [2.05, 4.69) is 22.0 Å². The number of anilines is 1. The predicted octanol–water partition coefficient (Wildman–Crippen LogP) is 5.29. The van der Waals surface area contributed by atoms with Crippen molar-refractivity contribution in [2.45, 2.75) is 38.5 Å². The molecule has 1 atom stereocenters. The highest BCUT2D eigenvalue weighted by molar-refractivity contribution is 9.10. The van der Waals surface area contributed by atoms with Crippen LogP contribution in [0.3, 0.4) is 0 Å². The minimum Gasteiger partial charge on any atom is -0.496 e. The fourth-order valence-electron chi connectivity index (χ4n) is 4.42. The van der Waals surface area contributed by atoms with Gasteiger partial charge in [0.15, 0.2) is 5.78 Å². The van der Waals surface area contributed by atoms with Crippen LogP contribution in [0.5, 0.6) is 5.75 Å². The quantitative estimate of drug-likeness (QED) is 0.412. The zero-order valence-corrected chi connectivity index (χ0v) is 20.5. The van der Waals surface area contributed by atoms with E-state index in [9.17, 15) is 20.2 Å². The van der Waals surface area contributed by atoms with Crippen LogP contribution in [0.25, 0.3) is 0 Å². The maximum Gasteiger partial charge on any atom is 0.296 e. The van der Waals surface area contributed by atoms with Gasteiger partial charge in [0.1, 0.15) is 17.3 Å². The fraction of sp³-hybridized carbons (Fsp3) is 0.304. The summed E-state index contributed by atoms with van der Waals surface area (Å²) in [5.74, 6) is -0.224. The Labute approximate surface area is 203 Å². The van der Waals surface area contributed by atoms with E-state index in [0.717, 1.165) is 20.6 Å².